The highest BCUT2D eigenvalue weighted by Crippen LogP contribution is 2.42. The maximum absolute atomic E-state index is 2.33. The fourth-order valence-corrected chi connectivity index (χ4v) is 7.88. The van der Waals surface area contributed by atoms with Crippen LogP contribution in [0.1, 0.15) is 168 Å². The molecule has 0 unspecified atom stereocenters. The van der Waals surface area contributed by atoms with E-state index in [0.717, 1.165) is 35.5 Å². The topological polar surface area (TPSA) is 0 Å². The molecule has 0 bridgehead atoms. The monoisotopic (exact) mass is 444 g/mol. The zero-order valence-electron chi connectivity index (χ0n) is 22.4. The Morgan fingerprint density at radius 1 is 0.344 bits per heavy atom. The lowest BCUT2D eigenvalue weighted by Crippen LogP contribution is -2.23. The number of rotatable bonds is 14. The highest BCUT2D eigenvalue weighted by atomic mass is 14.3. The van der Waals surface area contributed by atoms with Crippen molar-refractivity contribution < 1.29 is 0 Å². The van der Waals surface area contributed by atoms with E-state index in [1.54, 1.807) is 103 Å². The third-order valence-corrected chi connectivity index (χ3v) is 10.2. The predicted octanol–water partition coefficient (Wildman–Crippen LogP) is 11.1. The fourth-order valence-electron chi connectivity index (χ4n) is 7.88. The molecule has 0 amide bonds. The molecule has 0 aromatic carbocycles. The Kier molecular flexibility index (Phi) is 13.1. The van der Waals surface area contributed by atoms with Crippen molar-refractivity contribution in [1.82, 2.24) is 0 Å². The van der Waals surface area contributed by atoms with Gasteiger partial charge in [0.25, 0.3) is 0 Å². The van der Waals surface area contributed by atoms with E-state index >= 15 is 0 Å². The molecule has 3 rings (SSSR count). The number of hydrogen-bond acceptors (Lipinski definition) is 0. The van der Waals surface area contributed by atoms with Crippen LogP contribution in [-0.2, 0) is 0 Å². The maximum Gasteiger partial charge on any atom is -0.0411 e. The summed E-state index contributed by atoms with van der Waals surface area (Å²) >= 11 is 0. The average Bonchev–Trinajstić information content (AvgIpc) is 2.83. The quantitative estimate of drug-likeness (QED) is 0.234. The molecule has 0 radical (unpaired) electrons. The van der Waals surface area contributed by atoms with Gasteiger partial charge < -0.3 is 0 Å². The molecule has 0 nitrogen and oxygen atoms in total. The first kappa shape index (κ1) is 26.6. The second-order valence-corrected chi connectivity index (χ2v) is 12.8. The van der Waals surface area contributed by atoms with Crippen molar-refractivity contribution in [3.05, 3.63) is 0 Å². The Balaban J connectivity index is 1.20. The molecule has 0 heteroatoms. The van der Waals surface area contributed by atoms with E-state index in [4.69, 9.17) is 0 Å². The first-order valence-electron chi connectivity index (χ1n) is 15.8. The van der Waals surface area contributed by atoms with Gasteiger partial charge in [0.2, 0.25) is 0 Å². The smallest absolute Gasteiger partial charge is 0.0411 e. The lowest BCUT2D eigenvalue weighted by atomic mass is 9.70. The first-order valence-corrected chi connectivity index (χ1v) is 15.8. The van der Waals surface area contributed by atoms with Gasteiger partial charge in [-0.2, -0.15) is 0 Å². The van der Waals surface area contributed by atoms with Gasteiger partial charge in [-0.25, -0.2) is 0 Å². The van der Waals surface area contributed by atoms with Crippen LogP contribution in [0.5, 0.6) is 0 Å². The summed E-state index contributed by atoms with van der Waals surface area (Å²) in [7, 11) is 0. The minimum Gasteiger partial charge on any atom is -0.0654 e. The van der Waals surface area contributed by atoms with Crippen molar-refractivity contribution in [2.24, 2.45) is 35.5 Å². The van der Waals surface area contributed by atoms with E-state index in [-0.39, 0.29) is 0 Å². The van der Waals surface area contributed by atoms with Gasteiger partial charge in [-0.3, -0.25) is 0 Å². The Labute approximate surface area is 203 Å². The SMILES string of the molecule is CCCCCCC1CCC(CC2CCC(CC3CCC(CCCCCC)CC3)CC2)CC1. The second-order valence-electron chi connectivity index (χ2n) is 12.8. The van der Waals surface area contributed by atoms with Gasteiger partial charge in [-0.1, -0.05) is 155 Å². The van der Waals surface area contributed by atoms with Crippen molar-refractivity contribution in [2.45, 2.75) is 168 Å². The summed E-state index contributed by atoms with van der Waals surface area (Å²) in [5, 5.41) is 0. The summed E-state index contributed by atoms with van der Waals surface area (Å²) in [6.45, 7) is 4.67. The summed E-state index contributed by atoms with van der Waals surface area (Å²) in [5.41, 5.74) is 0. The minimum atomic E-state index is 1.09. The highest BCUT2D eigenvalue weighted by Gasteiger charge is 2.29. The zero-order chi connectivity index (χ0) is 22.4. The molecule has 0 atom stereocenters. The first-order chi connectivity index (χ1) is 15.8. The van der Waals surface area contributed by atoms with Crippen LogP contribution < -0.4 is 0 Å². The van der Waals surface area contributed by atoms with Crippen molar-refractivity contribution in [3.63, 3.8) is 0 Å². The maximum atomic E-state index is 2.33. The van der Waals surface area contributed by atoms with Crippen molar-refractivity contribution in [3.8, 4) is 0 Å². The predicted molar refractivity (Wildman–Crippen MR) is 143 cm³/mol. The molecule has 32 heavy (non-hydrogen) atoms. The molecule has 0 N–H and O–H groups in total. The van der Waals surface area contributed by atoms with Gasteiger partial charge in [0.1, 0.15) is 0 Å². The normalized spacial score (nSPS) is 33.9. The summed E-state index contributed by atoms with van der Waals surface area (Å²) < 4.78 is 0. The van der Waals surface area contributed by atoms with Crippen LogP contribution in [0.15, 0.2) is 0 Å². The van der Waals surface area contributed by atoms with Crippen LogP contribution in [0, 0.1) is 35.5 Å². The lowest BCUT2D eigenvalue weighted by Gasteiger charge is -2.36. The van der Waals surface area contributed by atoms with Gasteiger partial charge in [-0.05, 0) is 48.3 Å². The van der Waals surface area contributed by atoms with Crippen LogP contribution in [0.4, 0.5) is 0 Å². The minimum absolute atomic E-state index is 1.09. The van der Waals surface area contributed by atoms with Gasteiger partial charge in [0, 0.05) is 0 Å². The molecule has 0 saturated heterocycles. The van der Waals surface area contributed by atoms with E-state index < -0.39 is 0 Å². The van der Waals surface area contributed by atoms with Crippen LogP contribution in [0.25, 0.3) is 0 Å². The number of unbranched alkanes of at least 4 members (excludes halogenated alkanes) is 6. The van der Waals surface area contributed by atoms with E-state index in [0.29, 0.717) is 0 Å². The van der Waals surface area contributed by atoms with E-state index in [2.05, 4.69) is 13.8 Å². The molecular weight excluding hydrogens is 384 g/mol. The molecule has 0 heterocycles. The summed E-state index contributed by atoms with van der Waals surface area (Å²) in [5.74, 6) is 6.55. The molecule has 3 aliphatic rings. The molecule has 0 aromatic heterocycles. The van der Waals surface area contributed by atoms with Crippen molar-refractivity contribution >= 4 is 0 Å². The largest absolute Gasteiger partial charge is 0.0654 e. The van der Waals surface area contributed by atoms with Gasteiger partial charge in [0.15, 0.2) is 0 Å². The second kappa shape index (κ2) is 15.8. The molecule has 3 aliphatic carbocycles. The molecule has 0 aliphatic heterocycles. The Hall–Kier alpha value is 0. The van der Waals surface area contributed by atoms with Gasteiger partial charge in [0.05, 0.1) is 0 Å². The molecule has 0 aromatic rings. The standard InChI is InChI=1S/C32H60/c1-3-5-7-9-11-27-13-17-29(18-14-27)25-31-21-23-32(24-22-31)26-30-19-15-28(16-20-30)12-10-8-6-4-2/h27-32H,3-26H2,1-2H3. The molecule has 0 spiro atoms. The Morgan fingerprint density at radius 3 is 0.906 bits per heavy atom. The average molecular weight is 445 g/mol. The molecule has 188 valence electrons. The highest BCUT2D eigenvalue weighted by molar-refractivity contribution is 4.81. The third kappa shape index (κ3) is 10.1. The summed E-state index contributed by atoms with van der Waals surface area (Å²) in [6.07, 6.45) is 36.8. The van der Waals surface area contributed by atoms with Crippen LogP contribution in [0.2, 0.25) is 0 Å². The van der Waals surface area contributed by atoms with Crippen LogP contribution in [0.3, 0.4) is 0 Å². The molecule has 3 saturated carbocycles. The molecule has 3 fully saturated rings. The van der Waals surface area contributed by atoms with E-state index in [1.807, 2.05) is 0 Å². The molecular formula is C32H60. The van der Waals surface area contributed by atoms with Gasteiger partial charge in [-0.15, -0.1) is 0 Å². The number of hydrogen-bond donors (Lipinski definition) is 0. The summed E-state index contributed by atoms with van der Waals surface area (Å²) in [6, 6.07) is 0. The van der Waals surface area contributed by atoms with Gasteiger partial charge >= 0.3 is 0 Å². The fraction of sp³-hybridized carbons (Fsp3) is 1.00. The lowest BCUT2D eigenvalue weighted by molar-refractivity contribution is 0.161. The third-order valence-electron chi connectivity index (χ3n) is 10.2. The van der Waals surface area contributed by atoms with Crippen molar-refractivity contribution in [1.29, 1.82) is 0 Å². The van der Waals surface area contributed by atoms with E-state index in [9.17, 15) is 0 Å². The Morgan fingerprint density at radius 2 is 0.625 bits per heavy atom. The van der Waals surface area contributed by atoms with E-state index in [1.165, 1.54) is 51.4 Å². The zero-order valence-corrected chi connectivity index (χ0v) is 22.4. The summed E-state index contributed by atoms with van der Waals surface area (Å²) in [4.78, 5) is 0. The van der Waals surface area contributed by atoms with Crippen LogP contribution in [-0.4, -0.2) is 0 Å². The van der Waals surface area contributed by atoms with Crippen LogP contribution >= 0.6 is 0 Å². The van der Waals surface area contributed by atoms with Crippen molar-refractivity contribution in [2.75, 3.05) is 0 Å². The Bertz CT molecular complexity index is 387.